The number of H-pyrrole nitrogens is 1. The summed E-state index contributed by atoms with van der Waals surface area (Å²) >= 11 is 3.37. The summed E-state index contributed by atoms with van der Waals surface area (Å²) in [5.41, 5.74) is 2.74. The Balaban J connectivity index is 1.93. The summed E-state index contributed by atoms with van der Waals surface area (Å²) in [5, 5.41) is 2.74. The number of carbonyl (C=O) groups is 1. The number of carbonyl (C=O) groups excluding carboxylic acids is 1. The molecular weight excluding hydrogens is 445 g/mol. The molecule has 148 valence electrons. The zero-order valence-electron chi connectivity index (χ0n) is 15.5. The Bertz CT molecular complexity index is 1160. The van der Waals surface area contributed by atoms with E-state index in [1.807, 2.05) is 0 Å². The molecule has 1 aliphatic heterocycles. The highest BCUT2D eigenvalue weighted by Gasteiger charge is 2.35. The van der Waals surface area contributed by atoms with Crippen molar-refractivity contribution in [1.29, 1.82) is 0 Å². The summed E-state index contributed by atoms with van der Waals surface area (Å²) in [7, 11) is 0. The van der Waals surface area contributed by atoms with Gasteiger partial charge in [-0.3, -0.25) is 4.79 Å². The van der Waals surface area contributed by atoms with Gasteiger partial charge in [0.2, 0.25) is 0 Å². The van der Waals surface area contributed by atoms with Crippen molar-refractivity contribution in [3.8, 4) is 11.1 Å². The van der Waals surface area contributed by atoms with E-state index < -0.39 is 11.7 Å². The molecule has 2 aromatic carbocycles. The first kappa shape index (κ1) is 19.5. The average molecular weight is 461 g/mol. The fraction of sp³-hybridized carbons (Fsp3) is 0.136. The lowest BCUT2D eigenvalue weighted by molar-refractivity contribution is -0.110. The van der Waals surface area contributed by atoms with E-state index in [2.05, 4.69) is 26.2 Å². The second-order valence-electron chi connectivity index (χ2n) is 7.01. The van der Waals surface area contributed by atoms with Crippen LogP contribution in [0.25, 0.3) is 22.8 Å². The van der Waals surface area contributed by atoms with Gasteiger partial charge < -0.3 is 10.3 Å². The van der Waals surface area contributed by atoms with Crippen LogP contribution in [0.3, 0.4) is 0 Å². The van der Waals surface area contributed by atoms with Gasteiger partial charge in [0.1, 0.15) is 5.82 Å². The minimum absolute atomic E-state index is 0.146. The van der Waals surface area contributed by atoms with Gasteiger partial charge in [-0.1, -0.05) is 28.1 Å². The Morgan fingerprint density at radius 1 is 1.10 bits per heavy atom. The molecule has 2 heterocycles. The topological polar surface area (TPSA) is 44.9 Å². The molecule has 0 spiro atoms. The van der Waals surface area contributed by atoms with Gasteiger partial charge in [0.15, 0.2) is 0 Å². The number of nitrogens with one attached hydrogen (secondary N) is 2. The van der Waals surface area contributed by atoms with Crippen molar-refractivity contribution < 1.29 is 18.0 Å². The third kappa shape index (κ3) is 3.51. The lowest BCUT2D eigenvalue weighted by Gasteiger charge is -2.14. The number of rotatable bonds is 3. The highest BCUT2D eigenvalue weighted by molar-refractivity contribution is 9.10. The van der Waals surface area contributed by atoms with Crippen LogP contribution in [0.1, 0.15) is 29.4 Å². The Kier molecular flexibility index (Phi) is 4.65. The van der Waals surface area contributed by atoms with Crippen LogP contribution in [0.4, 0.5) is 18.9 Å². The molecule has 0 atom stereocenters. The minimum atomic E-state index is -3.18. The summed E-state index contributed by atoms with van der Waals surface area (Å²) in [6.45, 7) is 2.49. The number of anilines is 1. The van der Waals surface area contributed by atoms with Gasteiger partial charge in [0.05, 0.1) is 11.1 Å². The Morgan fingerprint density at radius 3 is 2.45 bits per heavy atom. The first-order valence-corrected chi connectivity index (χ1v) is 9.64. The molecule has 2 N–H and O–H groups in total. The number of alkyl halides is 2. The first-order valence-electron chi connectivity index (χ1n) is 8.85. The van der Waals surface area contributed by atoms with Crippen molar-refractivity contribution in [2.75, 3.05) is 5.32 Å². The maximum Gasteiger partial charge on any atom is 0.273 e. The van der Waals surface area contributed by atoms with Crippen LogP contribution < -0.4 is 5.32 Å². The molecule has 0 radical (unpaired) electrons. The Morgan fingerprint density at radius 2 is 1.79 bits per heavy atom. The van der Waals surface area contributed by atoms with E-state index in [1.54, 1.807) is 25.1 Å². The van der Waals surface area contributed by atoms with E-state index in [0.717, 1.165) is 11.4 Å². The summed E-state index contributed by atoms with van der Waals surface area (Å²) < 4.78 is 43.4. The molecule has 0 fully saturated rings. The van der Waals surface area contributed by atoms with Gasteiger partial charge in [-0.15, -0.1) is 0 Å². The van der Waals surface area contributed by atoms with E-state index in [-0.39, 0.29) is 17.2 Å². The number of aromatic amines is 1. The zero-order valence-corrected chi connectivity index (χ0v) is 17.1. The Labute approximate surface area is 173 Å². The van der Waals surface area contributed by atoms with Gasteiger partial charge >= 0.3 is 0 Å². The quantitative estimate of drug-likeness (QED) is 0.430. The van der Waals surface area contributed by atoms with Gasteiger partial charge in [0.25, 0.3) is 11.8 Å². The molecule has 1 amide bonds. The number of hydrogen-bond donors (Lipinski definition) is 2. The number of benzene rings is 2. The third-order valence-electron chi connectivity index (χ3n) is 4.84. The first-order chi connectivity index (χ1) is 13.6. The number of aromatic nitrogens is 1. The van der Waals surface area contributed by atoms with E-state index in [4.69, 9.17) is 0 Å². The lowest BCUT2D eigenvalue weighted by Crippen LogP contribution is -2.10. The van der Waals surface area contributed by atoms with Crippen molar-refractivity contribution in [2.24, 2.45) is 0 Å². The SMILES string of the molecule is Cc1[nH]c(/C=C2\C(=O)Nc3ccc(Br)cc32)c(C(C)(F)F)c1-c1ccc(F)cc1. The number of hydrogen-bond acceptors (Lipinski definition) is 1. The van der Waals surface area contributed by atoms with E-state index in [9.17, 15) is 18.0 Å². The van der Waals surface area contributed by atoms with Crippen LogP contribution in [-0.2, 0) is 10.7 Å². The number of amides is 1. The maximum atomic E-state index is 14.7. The molecule has 0 saturated heterocycles. The van der Waals surface area contributed by atoms with Gasteiger partial charge in [-0.25, -0.2) is 13.2 Å². The smallest absolute Gasteiger partial charge is 0.273 e. The van der Waals surface area contributed by atoms with E-state index in [1.165, 1.54) is 30.3 Å². The molecule has 1 aliphatic rings. The number of aryl methyl sites for hydroxylation is 1. The van der Waals surface area contributed by atoms with Crippen molar-refractivity contribution in [3.63, 3.8) is 0 Å². The summed E-state index contributed by atoms with van der Waals surface area (Å²) in [6.07, 6.45) is 1.44. The molecule has 1 aromatic heterocycles. The summed E-state index contributed by atoms with van der Waals surface area (Å²) in [4.78, 5) is 15.5. The van der Waals surface area contributed by atoms with Crippen LogP contribution in [0.2, 0.25) is 0 Å². The minimum Gasteiger partial charge on any atom is -0.358 e. The molecule has 4 rings (SSSR count). The highest BCUT2D eigenvalue weighted by atomic mass is 79.9. The van der Waals surface area contributed by atoms with Crippen molar-refractivity contribution in [2.45, 2.75) is 19.8 Å². The van der Waals surface area contributed by atoms with Crippen molar-refractivity contribution >= 4 is 39.2 Å². The molecule has 0 unspecified atom stereocenters. The monoisotopic (exact) mass is 460 g/mol. The van der Waals surface area contributed by atoms with Gasteiger partial charge in [0, 0.05) is 39.6 Å². The molecule has 0 saturated carbocycles. The van der Waals surface area contributed by atoms with Gasteiger partial charge in [-0.2, -0.15) is 0 Å². The molecule has 0 aliphatic carbocycles. The predicted molar refractivity (Wildman–Crippen MR) is 111 cm³/mol. The van der Waals surface area contributed by atoms with Crippen LogP contribution >= 0.6 is 15.9 Å². The number of fused-ring (bicyclic) bond motifs is 1. The third-order valence-corrected chi connectivity index (χ3v) is 5.33. The van der Waals surface area contributed by atoms with Crippen LogP contribution in [0.15, 0.2) is 46.9 Å². The van der Waals surface area contributed by atoms with Crippen LogP contribution in [0, 0.1) is 12.7 Å². The summed E-state index contributed by atoms with van der Waals surface area (Å²) in [5.74, 6) is -3.99. The molecule has 29 heavy (non-hydrogen) atoms. The van der Waals surface area contributed by atoms with E-state index in [0.29, 0.717) is 33.6 Å². The Hall–Kier alpha value is -2.80. The largest absolute Gasteiger partial charge is 0.358 e. The second kappa shape index (κ2) is 6.91. The van der Waals surface area contributed by atoms with Crippen LogP contribution in [-0.4, -0.2) is 10.9 Å². The normalized spacial score (nSPS) is 15.0. The average Bonchev–Trinajstić information content (AvgIpc) is 3.13. The molecule has 0 bridgehead atoms. The van der Waals surface area contributed by atoms with Gasteiger partial charge in [-0.05, 0) is 48.9 Å². The van der Waals surface area contributed by atoms with Crippen LogP contribution in [0.5, 0.6) is 0 Å². The van der Waals surface area contributed by atoms with Crippen molar-refractivity contribution in [1.82, 2.24) is 4.98 Å². The zero-order chi connectivity index (χ0) is 20.9. The highest BCUT2D eigenvalue weighted by Crippen LogP contribution is 2.43. The maximum absolute atomic E-state index is 14.7. The second-order valence-corrected chi connectivity index (χ2v) is 7.93. The molecule has 7 heteroatoms. The molecular formula is C22H16BrF3N2O. The lowest BCUT2D eigenvalue weighted by atomic mass is 9.95. The van der Waals surface area contributed by atoms with E-state index >= 15 is 0 Å². The number of halogens is 4. The summed E-state index contributed by atoms with van der Waals surface area (Å²) in [6, 6.07) is 10.7. The fourth-order valence-corrected chi connectivity index (χ4v) is 4.00. The molecule has 3 nitrogen and oxygen atoms in total. The van der Waals surface area contributed by atoms with Crippen molar-refractivity contribution in [3.05, 3.63) is 75.3 Å². The fourth-order valence-electron chi connectivity index (χ4n) is 3.64. The standard InChI is InChI=1S/C22H16BrF3N2O/c1-11-19(12-3-6-14(24)7-4-12)20(22(2,25)26)18(27-11)10-16-15-9-13(23)5-8-17(15)28-21(16)29/h3-10,27H,1-2H3,(H,28,29)/b16-10-. The molecule has 3 aromatic rings. The predicted octanol–water partition coefficient (Wildman–Crippen LogP) is 6.50.